The molecule has 0 saturated carbocycles. The van der Waals surface area contributed by atoms with Crippen molar-refractivity contribution in [3.8, 4) is 0 Å². The molecule has 94 valence electrons. The van der Waals surface area contributed by atoms with Crippen LogP contribution in [0.1, 0.15) is 32.3 Å². The van der Waals surface area contributed by atoms with Crippen LogP contribution in [0.25, 0.3) is 0 Å². The van der Waals surface area contributed by atoms with E-state index < -0.39 is 0 Å². The summed E-state index contributed by atoms with van der Waals surface area (Å²) in [7, 11) is 0. The molecule has 1 aliphatic heterocycles. The molecule has 0 amide bonds. The number of rotatable bonds is 3. The molecule has 1 nitrogen and oxygen atoms in total. The summed E-state index contributed by atoms with van der Waals surface area (Å²) in [6.07, 6.45) is 2.59. The molecule has 1 aliphatic rings. The molecular formula is C14H19BrClN. The molecule has 0 spiro atoms. The Morgan fingerprint density at radius 2 is 2.24 bits per heavy atom. The Balaban J connectivity index is 2.35. The van der Waals surface area contributed by atoms with Crippen LogP contribution in [-0.2, 0) is 5.33 Å². The van der Waals surface area contributed by atoms with Gasteiger partial charge in [0.25, 0.3) is 0 Å². The van der Waals surface area contributed by atoms with Gasteiger partial charge in [0.1, 0.15) is 0 Å². The lowest BCUT2D eigenvalue weighted by atomic mass is 10.0. The zero-order valence-corrected chi connectivity index (χ0v) is 12.8. The second-order valence-corrected chi connectivity index (χ2v) is 6.05. The second-order valence-electron chi connectivity index (χ2n) is 5.05. The van der Waals surface area contributed by atoms with Crippen molar-refractivity contribution in [1.82, 2.24) is 0 Å². The van der Waals surface area contributed by atoms with Crippen molar-refractivity contribution in [2.24, 2.45) is 5.92 Å². The summed E-state index contributed by atoms with van der Waals surface area (Å²) in [5.74, 6) is 0.694. The lowest BCUT2D eigenvalue weighted by Gasteiger charge is -2.31. The van der Waals surface area contributed by atoms with Crippen molar-refractivity contribution in [2.75, 3.05) is 11.4 Å². The first-order valence-corrected chi connectivity index (χ1v) is 7.74. The van der Waals surface area contributed by atoms with Gasteiger partial charge in [-0.05, 0) is 36.5 Å². The first-order valence-electron chi connectivity index (χ1n) is 6.24. The van der Waals surface area contributed by atoms with Crippen LogP contribution >= 0.6 is 27.5 Å². The Kier molecular flexibility index (Phi) is 4.37. The largest absolute Gasteiger partial charge is 0.368 e. The number of alkyl halides is 1. The first kappa shape index (κ1) is 13.2. The van der Waals surface area contributed by atoms with Crippen molar-refractivity contribution in [1.29, 1.82) is 0 Å². The Morgan fingerprint density at radius 1 is 1.47 bits per heavy atom. The minimum Gasteiger partial charge on any atom is -0.368 e. The summed E-state index contributed by atoms with van der Waals surface area (Å²) in [5.41, 5.74) is 2.65. The van der Waals surface area contributed by atoms with Gasteiger partial charge in [-0.1, -0.05) is 47.4 Å². The maximum atomic E-state index is 6.14. The minimum atomic E-state index is 0.659. The van der Waals surface area contributed by atoms with Crippen LogP contribution in [0, 0.1) is 5.92 Å². The lowest BCUT2D eigenvalue weighted by molar-refractivity contribution is 0.491. The summed E-state index contributed by atoms with van der Waals surface area (Å²) in [4.78, 5) is 2.53. The number of nitrogens with zero attached hydrogens (tertiary/aromatic N) is 1. The Bertz CT molecular complexity index is 392. The Hall–Kier alpha value is -0.210. The molecule has 0 aromatic heterocycles. The zero-order valence-electron chi connectivity index (χ0n) is 10.4. The number of halogens is 2. The monoisotopic (exact) mass is 315 g/mol. The third-order valence-electron chi connectivity index (χ3n) is 3.57. The number of hydrogen-bond acceptors (Lipinski definition) is 1. The van der Waals surface area contributed by atoms with Gasteiger partial charge in [0.05, 0.1) is 0 Å². The summed E-state index contributed by atoms with van der Waals surface area (Å²) in [6.45, 7) is 5.77. The molecule has 1 unspecified atom stereocenters. The fourth-order valence-electron chi connectivity index (χ4n) is 2.70. The molecule has 3 heteroatoms. The fourth-order valence-corrected chi connectivity index (χ4v) is 3.34. The van der Waals surface area contributed by atoms with Crippen LogP contribution < -0.4 is 4.90 Å². The molecular weight excluding hydrogens is 298 g/mol. The Morgan fingerprint density at radius 3 is 2.88 bits per heavy atom. The molecule has 1 saturated heterocycles. The smallest absolute Gasteiger partial charge is 0.0426 e. The molecule has 1 heterocycles. The van der Waals surface area contributed by atoms with E-state index in [-0.39, 0.29) is 0 Å². The molecule has 1 fully saturated rings. The van der Waals surface area contributed by atoms with Crippen molar-refractivity contribution < 1.29 is 0 Å². The molecule has 17 heavy (non-hydrogen) atoms. The predicted molar refractivity (Wildman–Crippen MR) is 79.3 cm³/mol. The molecule has 2 rings (SSSR count). The number of anilines is 1. The molecule has 0 N–H and O–H groups in total. The number of benzene rings is 1. The van der Waals surface area contributed by atoms with E-state index in [0.29, 0.717) is 12.0 Å². The van der Waals surface area contributed by atoms with Crippen LogP contribution in [0.15, 0.2) is 18.2 Å². The maximum absolute atomic E-state index is 6.14. The van der Waals surface area contributed by atoms with Crippen LogP contribution in [0.4, 0.5) is 5.69 Å². The maximum Gasteiger partial charge on any atom is 0.0426 e. The van der Waals surface area contributed by atoms with Gasteiger partial charge in [0.15, 0.2) is 0 Å². The highest BCUT2D eigenvalue weighted by atomic mass is 79.9. The van der Waals surface area contributed by atoms with Gasteiger partial charge in [-0.3, -0.25) is 0 Å². The Labute approximate surface area is 117 Å². The average Bonchev–Trinajstić information content (AvgIpc) is 2.77. The normalized spacial score (nSPS) is 20.3. The summed E-state index contributed by atoms with van der Waals surface area (Å²) in [5, 5.41) is 1.72. The van der Waals surface area contributed by atoms with E-state index in [0.717, 1.165) is 16.9 Å². The fraction of sp³-hybridized carbons (Fsp3) is 0.571. The standard InChI is InChI=1S/C14H19BrClN/c1-10(2)13-4-3-7-17(13)14-8-12(16)6-5-11(14)9-15/h5-6,8,10,13H,3-4,7,9H2,1-2H3. The van der Waals surface area contributed by atoms with Crippen LogP contribution in [-0.4, -0.2) is 12.6 Å². The van der Waals surface area contributed by atoms with Crippen molar-refractivity contribution >= 4 is 33.2 Å². The van der Waals surface area contributed by atoms with E-state index in [4.69, 9.17) is 11.6 Å². The number of hydrogen-bond donors (Lipinski definition) is 0. The lowest BCUT2D eigenvalue weighted by Crippen LogP contribution is -2.33. The third kappa shape index (κ3) is 2.79. The molecule has 0 radical (unpaired) electrons. The zero-order chi connectivity index (χ0) is 12.4. The van der Waals surface area contributed by atoms with E-state index in [1.807, 2.05) is 6.07 Å². The van der Waals surface area contributed by atoms with Gasteiger partial charge in [-0.25, -0.2) is 0 Å². The third-order valence-corrected chi connectivity index (χ3v) is 4.41. The average molecular weight is 317 g/mol. The van der Waals surface area contributed by atoms with Crippen molar-refractivity contribution in [3.05, 3.63) is 28.8 Å². The van der Waals surface area contributed by atoms with E-state index in [9.17, 15) is 0 Å². The van der Waals surface area contributed by atoms with E-state index in [1.54, 1.807) is 0 Å². The van der Waals surface area contributed by atoms with Crippen molar-refractivity contribution in [2.45, 2.75) is 38.1 Å². The molecule has 0 aliphatic carbocycles. The van der Waals surface area contributed by atoms with Gasteiger partial charge in [0, 0.05) is 28.6 Å². The van der Waals surface area contributed by atoms with Gasteiger partial charge < -0.3 is 4.90 Å². The first-order chi connectivity index (χ1) is 8.13. The van der Waals surface area contributed by atoms with Crippen LogP contribution in [0.5, 0.6) is 0 Å². The molecule has 0 bridgehead atoms. The predicted octanol–water partition coefficient (Wildman–Crippen LogP) is 4.86. The van der Waals surface area contributed by atoms with Crippen LogP contribution in [0.2, 0.25) is 5.02 Å². The van der Waals surface area contributed by atoms with Crippen molar-refractivity contribution in [3.63, 3.8) is 0 Å². The highest BCUT2D eigenvalue weighted by Crippen LogP contribution is 2.34. The highest BCUT2D eigenvalue weighted by molar-refractivity contribution is 9.08. The van der Waals surface area contributed by atoms with E-state index in [2.05, 4.69) is 46.8 Å². The SMILES string of the molecule is CC(C)C1CCCN1c1cc(Cl)ccc1CBr. The summed E-state index contributed by atoms with van der Waals surface area (Å²) >= 11 is 9.70. The quantitative estimate of drug-likeness (QED) is 0.720. The van der Waals surface area contributed by atoms with Gasteiger partial charge in [-0.15, -0.1) is 0 Å². The molecule has 1 aromatic carbocycles. The van der Waals surface area contributed by atoms with E-state index in [1.165, 1.54) is 24.1 Å². The van der Waals surface area contributed by atoms with E-state index >= 15 is 0 Å². The summed E-state index contributed by atoms with van der Waals surface area (Å²) < 4.78 is 0. The van der Waals surface area contributed by atoms with Gasteiger partial charge in [-0.2, -0.15) is 0 Å². The molecule has 1 aromatic rings. The minimum absolute atomic E-state index is 0.659. The summed E-state index contributed by atoms with van der Waals surface area (Å²) in [6, 6.07) is 6.87. The topological polar surface area (TPSA) is 3.24 Å². The van der Waals surface area contributed by atoms with Gasteiger partial charge in [0.2, 0.25) is 0 Å². The highest BCUT2D eigenvalue weighted by Gasteiger charge is 2.28. The molecule has 1 atom stereocenters. The van der Waals surface area contributed by atoms with Gasteiger partial charge >= 0.3 is 0 Å². The van der Waals surface area contributed by atoms with Crippen LogP contribution in [0.3, 0.4) is 0 Å². The second kappa shape index (κ2) is 5.62.